The van der Waals surface area contributed by atoms with Crippen LogP contribution in [0, 0.1) is 6.92 Å². The molecule has 0 aliphatic carbocycles. The second-order valence-electron chi connectivity index (χ2n) is 4.52. The summed E-state index contributed by atoms with van der Waals surface area (Å²) in [6, 6.07) is 16.9. The molecule has 3 aromatic rings. The molecule has 0 radical (unpaired) electrons. The van der Waals surface area contributed by atoms with Crippen molar-refractivity contribution in [3.63, 3.8) is 0 Å². The van der Waals surface area contributed by atoms with Crippen molar-refractivity contribution >= 4 is 0 Å². The van der Waals surface area contributed by atoms with E-state index in [4.69, 9.17) is 0 Å². The van der Waals surface area contributed by atoms with Crippen LogP contribution in [0.3, 0.4) is 0 Å². The minimum atomic E-state index is 1.04. The fourth-order valence-corrected chi connectivity index (χ4v) is 2.19. The summed E-state index contributed by atoms with van der Waals surface area (Å²) in [6.07, 6.45) is 5.21. The van der Waals surface area contributed by atoms with Crippen LogP contribution in [-0.2, 0) is 0 Å². The molecule has 1 heterocycles. The number of nitrogens with zero attached hydrogens (tertiary/aromatic N) is 2. The van der Waals surface area contributed by atoms with Crippen molar-refractivity contribution in [2.45, 2.75) is 6.92 Å². The lowest BCUT2D eigenvalue weighted by Crippen LogP contribution is -1.84. The van der Waals surface area contributed by atoms with Crippen LogP contribution in [0.1, 0.15) is 5.56 Å². The monoisotopic (exact) mass is 246 g/mol. The molecule has 2 heteroatoms. The molecule has 0 unspecified atom stereocenters. The summed E-state index contributed by atoms with van der Waals surface area (Å²) < 4.78 is 0. The van der Waals surface area contributed by atoms with Crippen molar-refractivity contribution in [1.82, 2.24) is 9.97 Å². The van der Waals surface area contributed by atoms with Crippen LogP contribution >= 0.6 is 0 Å². The number of hydrogen-bond donors (Lipinski definition) is 0. The predicted octanol–water partition coefficient (Wildman–Crippen LogP) is 4.12. The molecule has 0 aliphatic rings. The SMILES string of the molecule is Cc1ccccc1-c1ccc(-c2cncnc2)cc1. The van der Waals surface area contributed by atoms with Gasteiger partial charge in [0, 0.05) is 18.0 Å². The Hall–Kier alpha value is -2.48. The second kappa shape index (κ2) is 5.02. The highest BCUT2D eigenvalue weighted by Gasteiger charge is 2.02. The molecule has 0 fully saturated rings. The van der Waals surface area contributed by atoms with Crippen LogP contribution in [0.4, 0.5) is 0 Å². The maximum atomic E-state index is 4.04. The van der Waals surface area contributed by atoms with Gasteiger partial charge >= 0.3 is 0 Å². The number of rotatable bonds is 2. The minimum absolute atomic E-state index is 1.04. The van der Waals surface area contributed by atoms with E-state index in [9.17, 15) is 0 Å². The van der Waals surface area contributed by atoms with Crippen molar-refractivity contribution in [3.05, 3.63) is 72.8 Å². The number of benzene rings is 2. The van der Waals surface area contributed by atoms with Gasteiger partial charge in [-0.15, -0.1) is 0 Å². The summed E-state index contributed by atoms with van der Waals surface area (Å²) >= 11 is 0. The first kappa shape index (κ1) is 11.6. The van der Waals surface area contributed by atoms with Gasteiger partial charge in [-0.3, -0.25) is 0 Å². The van der Waals surface area contributed by atoms with Crippen LogP contribution < -0.4 is 0 Å². The normalized spacial score (nSPS) is 10.4. The molecule has 3 rings (SSSR count). The quantitative estimate of drug-likeness (QED) is 0.679. The van der Waals surface area contributed by atoms with Gasteiger partial charge in [0.2, 0.25) is 0 Å². The number of aryl methyl sites for hydroxylation is 1. The Kier molecular flexibility index (Phi) is 3.07. The van der Waals surface area contributed by atoms with Crippen LogP contribution in [-0.4, -0.2) is 9.97 Å². The summed E-state index contributed by atoms with van der Waals surface area (Å²) in [5.74, 6) is 0. The zero-order chi connectivity index (χ0) is 13.1. The van der Waals surface area contributed by atoms with Crippen LogP contribution in [0.2, 0.25) is 0 Å². The lowest BCUT2D eigenvalue weighted by Gasteiger charge is -2.07. The van der Waals surface area contributed by atoms with Crippen molar-refractivity contribution in [3.8, 4) is 22.3 Å². The summed E-state index contributed by atoms with van der Waals surface area (Å²) in [5.41, 5.74) is 5.98. The summed E-state index contributed by atoms with van der Waals surface area (Å²) in [7, 11) is 0. The molecular weight excluding hydrogens is 232 g/mol. The highest BCUT2D eigenvalue weighted by atomic mass is 14.8. The Morgan fingerprint density at radius 3 is 2.00 bits per heavy atom. The Balaban J connectivity index is 1.98. The van der Waals surface area contributed by atoms with E-state index >= 15 is 0 Å². The Labute approximate surface area is 112 Å². The highest BCUT2D eigenvalue weighted by molar-refractivity contribution is 5.71. The van der Waals surface area contributed by atoms with E-state index in [0.29, 0.717) is 0 Å². The molecule has 2 nitrogen and oxygen atoms in total. The van der Waals surface area contributed by atoms with E-state index < -0.39 is 0 Å². The van der Waals surface area contributed by atoms with Crippen LogP contribution in [0.5, 0.6) is 0 Å². The van der Waals surface area contributed by atoms with Crippen LogP contribution in [0.25, 0.3) is 22.3 Å². The maximum absolute atomic E-state index is 4.04. The van der Waals surface area contributed by atoms with Crippen molar-refractivity contribution in [2.75, 3.05) is 0 Å². The predicted molar refractivity (Wildman–Crippen MR) is 77.6 cm³/mol. The third kappa shape index (κ3) is 2.38. The first-order valence-corrected chi connectivity index (χ1v) is 6.26. The van der Waals surface area contributed by atoms with Gasteiger partial charge in [-0.05, 0) is 29.2 Å². The van der Waals surface area contributed by atoms with Crippen LogP contribution in [0.15, 0.2) is 67.3 Å². The van der Waals surface area contributed by atoms with Gasteiger partial charge in [0.1, 0.15) is 6.33 Å². The maximum Gasteiger partial charge on any atom is 0.115 e. The molecule has 0 spiro atoms. The zero-order valence-corrected chi connectivity index (χ0v) is 10.7. The molecule has 0 amide bonds. The third-order valence-corrected chi connectivity index (χ3v) is 3.23. The molecule has 0 atom stereocenters. The van der Waals surface area contributed by atoms with E-state index in [0.717, 1.165) is 11.1 Å². The van der Waals surface area contributed by atoms with Crippen molar-refractivity contribution in [1.29, 1.82) is 0 Å². The molecule has 0 saturated carbocycles. The van der Waals surface area contributed by atoms with Gasteiger partial charge in [0.25, 0.3) is 0 Å². The molecule has 0 bridgehead atoms. The van der Waals surface area contributed by atoms with Gasteiger partial charge in [-0.2, -0.15) is 0 Å². The third-order valence-electron chi connectivity index (χ3n) is 3.23. The number of hydrogen-bond acceptors (Lipinski definition) is 2. The van der Waals surface area contributed by atoms with Gasteiger partial charge in [0.05, 0.1) is 0 Å². The number of aromatic nitrogens is 2. The van der Waals surface area contributed by atoms with E-state index in [2.05, 4.69) is 65.4 Å². The molecule has 1 aromatic heterocycles. The van der Waals surface area contributed by atoms with E-state index in [1.165, 1.54) is 16.7 Å². The topological polar surface area (TPSA) is 25.8 Å². The fraction of sp³-hybridized carbons (Fsp3) is 0.0588. The molecule has 92 valence electrons. The van der Waals surface area contributed by atoms with Gasteiger partial charge in [0.15, 0.2) is 0 Å². The van der Waals surface area contributed by atoms with E-state index in [-0.39, 0.29) is 0 Å². The second-order valence-corrected chi connectivity index (χ2v) is 4.52. The molecule has 0 aliphatic heterocycles. The Bertz CT molecular complexity index is 673. The lowest BCUT2D eigenvalue weighted by molar-refractivity contribution is 1.17. The smallest absolute Gasteiger partial charge is 0.115 e. The fourth-order valence-electron chi connectivity index (χ4n) is 2.19. The lowest BCUT2D eigenvalue weighted by atomic mass is 9.98. The zero-order valence-electron chi connectivity index (χ0n) is 10.7. The van der Waals surface area contributed by atoms with Gasteiger partial charge < -0.3 is 0 Å². The Morgan fingerprint density at radius 2 is 1.32 bits per heavy atom. The first-order chi connectivity index (χ1) is 9.34. The van der Waals surface area contributed by atoms with Gasteiger partial charge in [-0.25, -0.2) is 9.97 Å². The standard InChI is InChI=1S/C17H14N2/c1-13-4-2-3-5-17(13)15-8-6-14(7-9-15)16-10-18-12-19-11-16/h2-12H,1H3. The van der Waals surface area contributed by atoms with Gasteiger partial charge in [-0.1, -0.05) is 48.5 Å². The minimum Gasteiger partial charge on any atom is -0.244 e. The molecular formula is C17H14N2. The van der Waals surface area contributed by atoms with Crippen molar-refractivity contribution in [2.24, 2.45) is 0 Å². The highest BCUT2D eigenvalue weighted by Crippen LogP contribution is 2.26. The molecule has 0 saturated heterocycles. The molecule has 0 N–H and O–H groups in total. The molecule has 19 heavy (non-hydrogen) atoms. The van der Waals surface area contributed by atoms with E-state index in [1.807, 2.05) is 12.4 Å². The van der Waals surface area contributed by atoms with E-state index in [1.54, 1.807) is 6.33 Å². The summed E-state index contributed by atoms with van der Waals surface area (Å²) in [5, 5.41) is 0. The average Bonchev–Trinajstić information content (AvgIpc) is 2.49. The summed E-state index contributed by atoms with van der Waals surface area (Å²) in [4.78, 5) is 8.09. The van der Waals surface area contributed by atoms with Crippen molar-refractivity contribution < 1.29 is 0 Å². The Morgan fingerprint density at radius 1 is 0.684 bits per heavy atom. The summed E-state index contributed by atoms with van der Waals surface area (Å²) in [6.45, 7) is 2.13. The molecule has 2 aromatic carbocycles. The largest absolute Gasteiger partial charge is 0.244 e. The first-order valence-electron chi connectivity index (χ1n) is 6.26. The average molecular weight is 246 g/mol.